The van der Waals surface area contributed by atoms with E-state index in [1.54, 1.807) is 18.0 Å². The number of nitrogens with one attached hydrogen (secondary N) is 2. The number of fused-ring (bicyclic) bond motifs is 1. The molecule has 26 heavy (non-hydrogen) atoms. The number of amides is 3. The highest BCUT2D eigenvalue weighted by Gasteiger charge is 2.31. The van der Waals surface area contributed by atoms with Crippen LogP contribution >= 0.6 is 11.3 Å². The maximum Gasteiger partial charge on any atom is 0.315 e. The topological polar surface area (TPSA) is 95.6 Å². The molecule has 0 fully saturated rings. The SMILES string of the molecule is CN1C(=O)C(NC(=O)NCc2ccc(S(C)(=O)=O)s2)Cc2ccccc21. The number of thiophene rings is 1. The number of likely N-dealkylation sites (N-methyl/N-ethyl adjacent to an activating group) is 1. The third kappa shape index (κ3) is 3.88. The van der Waals surface area contributed by atoms with Crippen molar-refractivity contribution in [1.29, 1.82) is 0 Å². The highest BCUT2D eigenvalue weighted by Crippen LogP contribution is 2.26. The van der Waals surface area contributed by atoms with Crippen LogP contribution in [0, 0.1) is 0 Å². The Labute approximate surface area is 155 Å². The van der Waals surface area contributed by atoms with Gasteiger partial charge in [0.2, 0.25) is 5.91 Å². The normalized spacial score (nSPS) is 16.9. The molecular weight excluding hydrogens is 374 g/mol. The first kappa shape index (κ1) is 18.4. The van der Waals surface area contributed by atoms with Gasteiger partial charge in [-0.05, 0) is 23.8 Å². The molecule has 3 rings (SSSR count). The standard InChI is InChI=1S/C17H19N3O4S2/c1-20-14-6-4-3-5-11(14)9-13(16(20)21)19-17(22)18-10-12-7-8-15(25-12)26(2,23)24/h3-8,13H,9-10H2,1-2H3,(H2,18,19,22). The highest BCUT2D eigenvalue weighted by molar-refractivity contribution is 7.92. The van der Waals surface area contributed by atoms with E-state index in [2.05, 4.69) is 10.6 Å². The number of nitrogens with zero attached hydrogens (tertiary/aromatic N) is 1. The van der Waals surface area contributed by atoms with Crippen LogP contribution in [-0.2, 0) is 27.6 Å². The molecule has 2 aromatic rings. The highest BCUT2D eigenvalue weighted by atomic mass is 32.2. The predicted octanol–water partition coefficient (Wildman–Crippen LogP) is 1.54. The van der Waals surface area contributed by atoms with Crippen LogP contribution < -0.4 is 15.5 Å². The summed E-state index contributed by atoms with van der Waals surface area (Å²) in [4.78, 5) is 26.8. The van der Waals surface area contributed by atoms with Crippen LogP contribution in [0.4, 0.5) is 10.5 Å². The molecule has 0 aliphatic carbocycles. The number of urea groups is 1. The lowest BCUT2D eigenvalue weighted by molar-refractivity contribution is -0.120. The van der Waals surface area contributed by atoms with Gasteiger partial charge >= 0.3 is 6.03 Å². The summed E-state index contributed by atoms with van der Waals surface area (Å²) >= 11 is 1.11. The minimum atomic E-state index is -3.25. The summed E-state index contributed by atoms with van der Waals surface area (Å²) in [5, 5.41) is 5.36. The predicted molar refractivity (Wildman–Crippen MR) is 100 cm³/mol. The summed E-state index contributed by atoms with van der Waals surface area (Å²) in [6, 6.07) is 9.66. The maximum absolute atomic E-state index is 12.4. The molecule has 1 aromatic carbocycles. The van der Waals surface area contributed by atoms with Crippen molar-refractivity contribution in [2.24, 2.45) is 0 Å². The first-order chi connectivity index (χ1) is 12.3. The fourth-order valence-electron chi connectivity index (χ4n) is 2.81. The Morgan fingerprint density at radius 2 is 2.00 bits per heavy atom. The van der Waals surface area contributed by atoms with Gasteiger partial charge in [-0.1, -0.05) is 18.2 Å². The molecule has 1 aliphatic heterocycles. The van der Waals surface area contributed by atoms with Crippen molar-refractivity contribution >= 4 is 38.8 Å². The molecule has 9 heteroatoms. The molecule has 0 radical (unpaired) electrons. The lowest BCUT2D eigenvalue weighted by Crippen LogP contribution is -2.53. The van der Waals surface area contributed by atoms with Gasteiger partial charge in [0, 0.05) is 30.3 Å². The van der Waals surface area contributed by atoms with Crippen molar-refractivity contribution in [3.8, 4) is 0 Å². The van der Waals surface area contributed by atoms with Crippen molar-refractivity contribution in [2.45, 2.75) is 23.2 Å². The molecule has 1 aliphatic rings. The second kappa shape index (κ2) is 7.08. The Balaban J connectivity index is 1.60. The van der Waals surface area contributed by atoms with E-state index in [1.807, 2.05) is 24.3 Å². The van der Waals surface area contributed by atoms with E-state index in [-0.39, 0.29) is 16.7 Å². The van der Waals surface area contributed by atoms with E-state index in [1.165, 1.54) is 6.07 Å². The Morgan fingerprint density at radius 3 is 2.69 bits per heavy atom. The van der Waals surface area contributed by atoms with E-state index in [0.717, 1.165) is 33.7 Å². The van der Waals surface area contributed by atoms with Gasteiger partial charge in [-0.15, -0.1) is 11.3 Å². The van der Waals surface area contributed by atoms with Gasteiger partial charge in [-0.3, -0.25) is 4.79 Å². The van der Waals surface area contributed by atoms with Gasteiger partial charge < -0.3 is 15.5 Å². The molecule has 2 heterocycles. The van der Waals surface area contributed by atoms with Crippen LogP contribution in [0.2, 0.25) is 0 Å². The number of carbonyl (C=O) groups excluding carboxylic acids is 2. The molecule has 0 spiro atoms. The smallest absolute Gasteiger partial charge is 0.315 e. The number of para-hydroxylation sites is 1. The van der Waals surface area contributed by atoms with Crippen molar-refractivity contribution in [2.75, 3.05) is 18.2 Å². The Hall–Kier alpha value is -2.39. The van der Waals surface area contributed by atoms with E-state index in [9.17, 15) is 18.0 Å². The Bertz CT molecular complexity index is 952. The van der Waals surface area contributed by atoms with E-state index >= 15 is 0 Å². The monoisotopic (exact) mass is 393 g/mol. The number of sulfone groups is 1. The molecule has 1 atom stereocenters. The van der Waals surface area contributed by atoms with E-state index in [0.29, 0.717) is 6.42 Å². The summed E-state index contributed by atoms with van der Waals surface area (Å²) in [5.74, 6) is -0.172. The largest absolute Gasteiger partial charge is 0.333 e. The van der Waals surface area contributed by atoms with Gasteiger partial charge in [-0.2, -0.15) is 0 Å². The molecule has 138 valence electrons. The van der Waals surface area contributed by atoms with Crippen LogP contribution in [0.1, 0.15) is 10.4 Å². The summed E-state index contributed by atoms with van der Waals surface area (Å²) in [7, 11) is -1.56. The van der Waals surface area contributed by atoms with Crippen molar-refractivity contribution in [3.63, 3.8) is 0 Å². The average molecular weight is 393 g/mol. The van der Waals surface area contributed by atoms with Crippen LogP contribution in [0.5, 0.6) is 0 Å². The zero-order valence-corrected chi connectivity index (χ0v) is 16.0. The third-order valence-electron chi connectivity index (χ3n) is 4.14. The lowest BCUT2D eigenvalue weighted by atomic mass is 9.98. The minimum Gasteiger partial charge on any atom is -0.333 e. The number of hydrogen-bond donors (Lipinski definition) is 2. The fraction of sp³-hybridized carbons (Fsp3) is 0.294. The molecule has 7 nitrogen and oxygen atoms in total. The van der Waals surface area contributed by atoms with Gasteiger partial charge in [0.1, 0.15) is 10.3 Å². The van der Waals surface area contributed by atoms with E-state index in [4.69, 9.17) is 0 Å². The first-order valence-electron chi connectivity index (χ1n) is 7.94. The number of benzene rings is 1. The average Bonchev–Trinajstić information content (AvgIpc) is 3.07. The maximum atomic E-state index is 12.4. The number of hydrogen-bond acceptors (Lipinski definition) is 5. The van der Waals surface area contributed by atoms with Crippen molar-refractivity contribution in [3.05, 3.63) is 46.8 Å². The summed E-state index contributed by atoms with van der Waals surface area (Å²) < 4.78 is 23.2. The second-order valence-corrected chi connectivity index (χ2v) is 9.51. The fourth-order valence-corrected chi connectivity index (χ4v) is 4.73. The molecule has 3 amide bonds. The van der Waals surface area contributed by atoms with Crippen molar-refractivity contribution in [1.82, 2.24) is 10.6 Å². The van der Waals surface area contributed by atoms with Crippen LogP contribution in [-0.4, -0.2) is 39.7 Å². The minimum absolute atomic E-state index is 0.172. The molecular formula is C17H19N3O4S2. The van der Waals surface area contributed by atoms with Gasteiger partial charge in [-0.25, -0.2) is 13.2 Å². The summed E-state index contributed by atoms with van der Waals surface area (Å²) in [6.07, 6.45) is 1.58. The van der Waals surface area contributed by atoms with Gasteiger partial charge in [0.25, 0.3) is 0 Å². The van der Waals surface area contributed by atoms with Crippen molar-refractivity contribution < 1.29 is 18.0 Å². The van der Waals surface area contributed by atoms with Gasteiger partial charge in [0.15, 0.2) is 9.84 Å². The molecule has 0 bridgehead atoms. The number of rotatable bonds is 4. The van der Waals surface area contributed by atoms with Crippen LogP contribution in [0.3, 0.4) is 0 Å². The quantitative estimate of drug-likeness (QED) is 0.824. The summed E-state index contributed by atoms with van der Waals surface area (Å²) in [6.45, 7) is 0.194. The first-order valence-corrected chi connectivity index (χ1v) is 10.6. The Kier molecular flexibility index (Phi) is 5.01. The molecule has 0 saturated heterocycles. The van der Waals surface area contributed by atoms with Crippen LogP contribution in [0.25, 0.3) is 0 Å². The summed E-state index contributed by atoms with van der Waals surface area (Å²) in [5.41, 5.74) is 1.85. The zero-order valence-electron chi connectivity index (χ0n) is 14.4. The Morgan fingerprint density at radius 1 is 1.27 bits per heavy atom. The lowest BCUT2D eigenvalue weighted by Gasteiger charge is -2.31. The number of anilines is 1. The molecule has 0 saturated carbocycles. The van der Waals surface area contributed by atoms with E-state index < -0.39 is 21.9 Å². The molecule has 1 aromatic heterocycles. The van der Waals surface area contributed by atoms with Gasteiger partial charge in [0.05, 0.1) is 6.54 Å². The molecule has 2 N–H and O–H groups in total. The number of carbonyl (C=O) groups is 2. The molecule has 1 unspecified atom stereocenters. The second-order valence-electron chi connectivity index (χ2n) is 6.10. The van der Waals surface area contributed by atoms with Crippen LogP contribution in [0.15, 0.2) is 40.6 Å². The zero-order chi connectivity index (χ0) is 18.9. The third-order valence-corrected chi connectivity index (χ3v) is 7.04.